The Morgan fingerprint density at radius 3 is 2.94 bits per heavy atom. The molecule has 4 heterocycles. The summed E-state index contributed by atoms with van der Waals surface area (Å²) in [4.78, 5) is 29.1. The van der Waals surface area contributed by atoms with Crippen molar-refractivity contribution in [2.24, 2.45) is 17.8 Å². The van der Waals surface area contributed by atoms with E-state index in [1.54, 1.807) is 24.8 Å². The van der Waals surface area contributed by atoms with E-state index in [0.717, 1.165) is 36.6 Å². The van der Waals surface area contributed by atoms with Crippen LogP contribution in [0.15, 0.2) is 30.9 Å². The van der Waals surface area contributed by atoms with Gasteiger partial charge >= 0.3 is 5.97 Å². The number of rotatable bonds is 3. The van der Waals surface area contributed by atoms with Gasteiger partial charge in [-0.1, -0.05) is 24.4 Å². The summed E-state index contributed by atoms with van der Waals surface area (Å²) in [6.07, 6.45) is 11.7. The molecule has 6 rings (SSSR count). The monoisotopic (exact) mass is 460 g/mol. The molecule has 33 heavy (non-hydrogen) atoms. The van der Waals surface area contributed by atoms with Crippen LogP contribution in [0.25, 0.3) is 33.5 Å². The second-order valence-electron chi connectivity index (χ2n) is 9.21. The molecule has 0 aromatic carbocycles. The van der Waals surface area contributed by atoms with Gasteiger partial charge in [0.1, 0.15) is 17.4 Å². The standard InChI is InChI=1S/C24H21ClN6O2/c25-15-6-16-19(10-28-21(16)27-8-15)22-29-9-18-14(7-26)11-31(23(18)30-22)20-13-3-1-2-12(4-13)5-17(20)24(32)33/h6,8-13,17,20H,1-5H2,(H,27,28)(H,32,33)/t12?,13?,17-,20-/m1/s1. The molecule has 4 aromatic rings. The average molecular weight is 461 g/mol. The van der Waals surface area contributed by atoms with Crippen LogP contribution in [0.3, 0.4) is 0 Å². The summed E-state index contributed by atoms with van der Waals surface area (Å²) in [5, 5.41) is 21.8. The van der Waals surface area contributed by atoms with Crippen molar-refractivity contribution >= 4 is 39.6 Å². The number of aromatic nitrogens is 5. The summed E-state index contributed by atoms with van der Waals surface area (Å²) in [6.45, 7) is 0. The molecule has 166 valence electrons. The minimum atomic E-state index is -0.774. The highest BCUT2D eigenvalue weighted by molar-refractivity contribution is 6.31. The number of hydrogen-bond acceptors (Lipinski definition) is 5. The Morgan fingerprint density at radius 2 is 2.12 bits per heavy atom. The summed E-state index contributed by atoms with van der Waals surface area (Å²) in [5.74, 6) is -0.0672. The van der Waals surface area contributed by atoms with Crippen molar-refractivity contribution in [3.63, 3.8) is 0 Å². The molecule has 0 aliphatic heterocycles. The molecule has 0 spiro atoms. The van der Waals surface area contributed by atoms with Crippen LogP contribution in [-0.2, 0) is 4.79 Å². The number of H-pyrrole nitrogens is 1. The summed E-state index contributed by atoms with van der Waals surface area (Å²) in [5.41, 5.74) is 2.49. The maximum atomic E-state index is 12.3. The van der Waals surface area contributed by atoms with Gasteiger partial charge in [-0.3, -0.25) is 4.79 Å². The molecule has 4 atom stereocenters. The molecule has 0 amide bonds. The van der Waals surface area contributed by atoms with E-state index in [4.69, 9.17) is 16.6 Å². The second kappa shape index (κ2) is 7.56. The third-order valence-corrected chi connectivity index (χ3v) is 7.58. The molecule has 2 fully saturated rings. The van der Waals surface area contributed by atoms with E-state index in [1.807, 2.05) is 10.6 Å². The highest BCUT2D eigenvalue weighted by Gasteiger charge is 2.44. The fourth-order valence-electron chi connectivity index (χ4n) is 5.99. The van der Waals surface area contributed by atoms with Crippen molar-refractivity contribution in [3.8, 4) is 17.5 Å². The summed E-state index contributed by atoms with van der Waals surface area (Å²) in [7, 11) is 0. The van der Waals surface area contributed by atoms with Crippen LogP contribution in [0, 0.1) is 29.1 Å². The fourth-order valence-corrected chi connectivity index (χ4v) is 6.15. The lowest BCUT2D eigenvalue weighted by Crippen LogP contribution is -2.40. The van der Waals surface area contributed by atoms with E-state index in [-0.39, 0.29) is 12.0 Å². The van der Waals surface area contributed by atoms with E-state index < -0.39 is 11.9 Å². The number of nitrogens with zero attached hydrogens (tertiary/aromatic N) is 5. The molecule has 2 bridgehead atoms. The Morgan fingerprint density at radius 1 is 1.24 bits per heavy atom. The topological polar surface area (TPSA) is 120 Å². The van der Waals surface area contributed by atoms with Crippen LogP contribution < -0.4 is 0 Å². The third-order valence-electron chi connectivity index (χ3n) is 7.37. The first-order chi connectivity index (χ1) is 16.0. The number of fused-ring (bicyclic) bond motifs is 4. The third kappa shape index (κ3) is 3.18. The molecular formula is C24H21ClN6O2. The Hall–Kier alpha value is -3.44. The van der Waals surface area contributed by atoms with Crippen LogP contribution in [0.4, 0.5) is 0 Å². The predicted molar refractivity (Wildman–Crippen MR) is 123 cm³/mol. The molecule has 2 aliphatic rings. The van der Waals surface area contributed by atoms with Gasteiger partial charge in [0.25, 0.3) is 0 Å². The Balaban J connectivity index is 1.54. The van der Waals surface area contributed by atoms with Gasteiger partial charge < -0.3 is 14.7 Å². The van der Waals surface area contributed by atoms with Crippen LogP contribution in [-0.4, -0.2) is 35.6 Å². The number of aliphatic carboxylic acids is 1. The van der Waals surface area contributed by atoms with Gasteiger partial charge in [0.15, 0.2) is 5.82 Å². The van der Waals surface area contributed by atoms with Crippen molar-refractivity contribution in [3.05, 3.63) is 41.4 Å². The number of aromatic amines is 1. The van der Waals surface area contributed by atoms with Crippen molar-refractivity contribution in [1.82, 2.24) is 24.5 Å². The Kier molecular flexibility index (Phi) is 4.63. The van der Waals surface area contributed by atoms with Gasteiger partial charge in [-0.05, 0) is 37.2 Å². The number of hydrogen-bond donors (Lipinski definition) is 2. The average Bonchev–Trinajstić information content (AvgIpc) is 3.39. The maximum Gasteiger partial charge on any atom is 0.308 e. The molecule has 2 N–H and O–H groups in total. The first-order valence-corrected chi connectivity index (χ1v) is 11.5. The number of nitrogens with one attached hydrogen (secondary N) is 1. The predicted octanol–water partition coefficient (Wildman–Crippen LogP) is 4.95. The Bertz CT molecular complexity index is 1450. The normalized spacial score (nSPS) is 24.7. The fraction of sp³-hybridized carbons (Fsp3) is 0.375. The zero-order valence-corrected chi connectivity index (χ0v) is 18.5. The smallest absolute Gasteiger partial charge is 0.308 e. The molecule has 9 heteroatoms. The number of pyridine rings is 1. The van der Waals surface area contributed by atoms with Crippen LogP contribution in [0.1, 0.15) is 43.7 Å². The van der Waals surface area contributed by atoms with E-state index in [2.05, 4.69) is 21.0 Å². The summed E-state index contributed by atoms with van der Waals surface area (Å²) < 4.78 is 1.95. The minimum Gasteiger partial charge on any atom is -0.481 e. The largest absolute Gasteiger partial charge is 0.481 e. The molecule has 2 saturated carbocycles. The highest BCUT2D eigenvalue weighted by atomic mass is 35.5. The van der Waals surface area contributed by atoms with E-state index in [1.165, 1.54) is 0 Å². The second-order valence-corrected chi connectivity index (χ2v) is 9.64. The number of halogens is 1. The zero-order valence-electron chi connectivity index (χ0n) is 17.7. The lowest BCUT2D eigenvalue weighted by atomic mass is 9.65. The van der Waals surface area contributed by atoms with Gasteiger partial charge in [-0.15, -0.1) is 0 Å². The van der Waals surface area contributed by atoms with E-state index in [9.17, 15) is 15.2 Å². The molecular weight excluding hydrogens is 440 g/mol. The SMILES string of the molecule is N#Cc1cn([C@@H]2C3CCCC(C3)C[C@H]2C(=O)O)c2nc(-c3c[nH]c4ncc(Cl)cc34)ncc12. The summed E-state index contributed by atoms with van der Waals surface area (Å²) in [6, 6.07) is 3.82. The van der Waals surface area contributed by atoms with Crippen molar-refractivity contribution < 1.29 is 9.90 Å². The lowest BCUT2D eigenvalue weighted by Gasteiger charge is -2.44. The number of carboxylic acid groups (broad SMARTS) is 1. The van der Waals surface area contributed by atoms with E-state index >= 15 is 0 Å². The number of carbonyl (C=O) groups is 1. The van der Waals surface area contributed by atoms with Crippen molar-refractivity contribution in [2.45, 2.75) is 38.1 Å². The van der Waals surface area contributed by atoms with Crippen LogP contribution >= 0.6 is 11.6 Å². The molecule has 0 radical (unpaired) electrons. The first-order valence-electron chi connectivity index (χ1n) is 11.2. The van der Waals surface area contributed by atoms with Gasteiger partial charge in [0.05, 0.1) is 27.9 Å². The minimum absolute atomic E-state index is 0.231. The van der Waals surface area contributed by atoms with Gasteiger partial charge in [-0.2, -0.15) is 5.26 Å². The Labute approximate surface area is 194 Å². The number of nitriles is 1. The quantitative estimate of drug-likeness (QED) is 0.446. The molecule has 8 nitrogen and oxygen atoms in total. The maximum absolute atomic E-state index is 12.3. The van der Waals surface area contributed by atoms with Gasteiger partial charge in [0, 0.05) is 35.7 Å². The van der Waals surface area contributed by atoms with E-state index in [0.29, 0.717) is 45.4 Å². The van der Waals surface area contributed by atoms with Gasteiger partial charge in [0.2, 0.25) is 0 Å². The van der Waals surface area contributed by atoms with Gasteiger partial charge in [-0.25, -0.2) is 15.0 Å². The molecule has 0 saturated heterocycles. The van der Waals surface area contributed by atoms with Crippen molar-refractivity contribution in [1.29, 1.82) is 5.26 Å². The molecule has 2 unspecified atom stereocenters. The lowest BCUT2D eigenvalue weighted by molar-refractivity contribution is -0.147. The molecule has 4 aromatic heterocycles. The van der Waals surface area contributed by atoms with Crippen LogP contribution in [0.5, 0.6) is 0 Å². The van der Waals surface area contributed by atoms with Crippen LogP contribution in [0.2, 0.25) is 5.02 Å². The first kappa shape index (κ1) is 20.2. The van der Waals surface area contributed by atoms with Crippen molar-refractivity contribution in [2.75, 3.05) is 0 Å². The highest BCUT2D eigenvalue weighted by Crippen LogP contribution is 2.49. The number of carboxylic acids is 1. The zero-order chi connectivity index (χ0) is 22.7. The summed E-state index contributed by atoms with van der Waals surface area (Å²) >= 11 is 6.16. The molecule has 2 aliphatic carbocycles.